The van der Waals surface area contributed by atoms with Gasteiger partial charge in [-0.2, -0.15) is 0 Å². The number of para-hydroxylation sites is 1. The molecule has 0 heterocycles. The molecule has 3 heteroatoms. The second-order valence-electron chi connectivity index (χ2n) is 4.27. The molecule has 2 aromatic carbocycles. The highest BCUT2D eigenvalue weighted by atomic mass is 19.1. The van der Waals surface area contributed by atoms with Gasteiger partial charge in [-0.3, -0.25) is 0 Å². The molecule has 18 heavy (non-hydrogen) atoms. The minimum absolute atomic E-state index is 0.270. The third-order valence-corrected chi connectivity index (χ3v) is 2.94. The minimum atomic E-state index is -0.558. The zero-order valence-electron chi connectivity index (χ0n) is 10.5. The van der Waals surface area contributed by atoms with Crippen molar-refractivity contribution in [2.24, 2.45) is 0 Å². The molecule has 0 unspecified atom stereocenters. The van der Waals surface area contributed by atoms with Gasteiger partial charge < -0.3 is 10.0 Å². The number of rotatable bonds is 3. The van der Waals surface area contributed by atoms with E-state index in [9.17, 15) is 9.50 Å². The van der Waals surface area contributed by atoms with E-state index >= 15 is 0 Å². The monoisotopic (exact) mass is 245 g/mol. The maximum atomic E-state index is 13.2. The van der Waals surface area contributed by atoms with Crippen molar-refractivity contribution in [3.8, 4) is 0 Å². The number of nitrogens with zero attached hydrogens (tertiary/aromatic N) is 1. The molecule has 2 nitrogen and oxygen atoms in total. The quantitative estimate of drug-likeness (QED) is 0.892. The Balaban J connectivity index is 2.43. The van der Waals surface area contributed by atoms with E-state index in [4.69, 9.17) is 0 Å². The van der Waals surface area contributed by atoms with E-state index < -0.39 is 6.10 Å². The Bertz CT molecular complexity index is 540. The zero-order valence-corrected chi connectivity index (χ0v) is 10.5. The Morgan fingerprint density at radius 2 is 1.83 bits per heavy atom. The van der Waals surface area contributed by atoms with Crippen LogP contribution in [0.2, 0.25) is 0 Å². The highest BCUT2D eigenvalue weighted by Crippen LogP contribution is 2.30. The number of hydrogen-bond donors (Lipinski definition) is 1. The molecule has 0 aliphatic carbocycles. The first-order chi connectivity index (χ1) is 8.59. The standard InChI is InChI=1S/C15H16FNO/c1-11(18)14-8-3-4-9-15(14)17(2)13-7-5-6-12(16)10-13/h3-11,18H,1-2H3/t11-/m1/s1. The molecule has 0 aliphatic rings. The first-order valence-electron chi connectivity index (χ1n) is 5.86. The second kappa shape index (κ2) is 5.19. The number of halogens is 1. The van der Waals surface area contributed by atoms with Crippen LogP contribution in [0, 0.1) is 5.82 Å². The third-order valence-electron chi connectivity index (χ3n) is 2.94. The van der Waals surface area contributed by atoms with Crippen molar-refractivity contribution >= 4 is 11.4 Å². The van der Waals surface area contributed by atoms with Crippen LogP contribution < -0.4 is 4.90 Å². The van der Waals surface area contributed by atoms with Crippen molar-refractivity contribution in [1.82, 2.24) is 0 Å². The molecule has 0 bridgehead atoms. The summed E-state index contributed by atoms with van der Waals surface area (Å²) in [4.78, 5) is 1.87. The van der Waals surface area contributed by atoms with Gasteiger partial charge in [0.1, 0.15) is 5.82 Å². The molecule has 1 atom stereocenters. The van der Waals surface area contributed by atoms with Gasteiger partial charge in [-0.05, 0) is 31.2 Å². The Hall–Kier alpha value is -1.87. The molecule has 94 valence electrons. The van der Waals surface area contributed by atoms with Crippen LogP contribution in [-0.2, 0) is 0 Å². The van der Waals surface area contributed by atoms with Crippen LogP contribution in [0.5, 0.6) is 0 Å². The maximum absolute atomic E-state index is 13.2. The number of benzene rings is 2. The van der Waals surface area contributed by atoms with Crippen molar-refractivity contribution in [2.75, 3.05) is 11.9 Å². The first-order valence-corrected chi connectivity index (χ1v) is 5.86. The number of aliphatic hydroxyl groups is 1. The molecule has 1 N–H and O–H groups in total. The predicted octanol–water partition coefficient (Wildman–Crippen LogP) is 3.65. The van der Waals surface area contributed by atoms with Crippen LogP contribution in [0.1, 0.15) is 18.6 Å². The summed E-state index contributed by atoms with van der Waals surface area (Å²) < 4.78 is 13.2. The van der Waals surface area contributed by atoms with Gasteiger partial charge in [0.2, 0.25) is 0 Å². The van der Waals surface area contributed by atoms with Gasteiger partial charge in [0.25, 0.3) is 0 Å². The maximum Gasteiger partial charge on any atom is 0.125 e. The molecule has 0 spiro atoms. The largest absolute Gasteiger partial charge is 0.389 e. The molecule has 2 rings (SSSR count). The van der Waals surface area contributed by atoms with Crippen LogP contribution >= 0.6 is 0 Å². The number of aliphatic hydroxyl groups excluding tert-OH is 1. The summed E-state index contributed by atoms with van der Waals surface area (Å²) in [5.41, 5.74) is 2.45. The summed E-state index contributed by atoms with van der Waals surface area (Å²) in [6.07, 6.45) is -0.558. The molecule has 0 aliphatic heterocycles. The third kappa shape index (κ3) is 2.51. The summed E-state index contributed by atoms with van der Waals surface area (Å²) in [6.45, 7) is 1.72. The van der Waals surface area contributed by atoms with Crippen LogP contribution in [-0.4, -0.2) is 12.2 Å². The average molecular weight is 245 g/mol. The highest BCUT2D eigenvalue weighted by molar-refractivity contribution is 5.66. The van der Waals surface area contributed by atoms with Crippen molar-refractivity contribution < 1.29 is 9.50 Å². The highest BCUT2D eigenvalue weighted by Gasteiger charge is 2.12. The van der Waals surface area contributed by atoms with Gasteiger partial charge >= 0.3 is 0 Å². The smallest absolute Gasteiger partial charge is 0.125 e. The fourth-order valence-electron chi connectivity index (χ4n) is 1.97. The van der Waals surface area contributed by atoms with E-state index in [1.54, 1.807) is 13.0 Å². The van der Waals surface area contributed by atoms with Gasteiger partial charge in [0, 0.05) is 24.0 Å². The zero-order chi connectivity index (χ0) is 13.1. The van der Waals surface area contributed by atoms with Gasteiger partial charge in [-0.25, -0.2) is 4.39 Å². The van der Waals surface area contributed by atoms with Gasteiger partial charge in [-0.1, -0.05) is 24.3 Å². The van der Waals surface area contributed by atoms with Gasteiger partial charge in [0.05, 0.1) is 6.10 Å². The van der Waals surface area contributed by atoms with Crippen molar-refractivity contribution in [2.45, 2.75) is 13.0 Å². The Kier molecular flexibility index (Phi) is 3.63. The lowest BCUT2D eigenvalue weighted by molar-refractivity contribution is 0.200. The molecule has 0 saturated carbocycles. The van der Waals surface area contributed by atoms with E-state index in [-0.39, 0.29) is 5.82 Å². The molecule has 0 saturated heterocycles. The van der Waals surface area contributed by atoms with Crippen LogP contribution in [0.3, 0.4) is 0 Å². The lowest BCUT2D eigenvalue weighted by Gasteiger charge is -2.23. The van der Waals surface area contributed by atoms with Crippen molar-refractivity contribution in [3.05, 3.63) is 59.9 Å². The summed E-state index contributed by atoms with van der Waals surface area (Å²) in [7, 11) is 1.86. The van der Waals surface area contributed by atoms with E-state index in [1.807, 2.05) is 42.3 Å². The number of anilines is 2. The SMILES string of the molecule is C[C@@H](O)c1ccccc1N(C)c1cccc(F)c1. The fraction of sp³-hybridized carbons (Fsp3) is 0.200. The Morgan fingerprint density at radius 1 is 1.11 bits per heavy atom. The first kappa shape index (κ1) is 12.6. The van der Waals surface area contributed by atoms with Gasteiger partial charge in [-0.15, -0.1) is 0 Å². The molecular weight excluding hydrogens is 229 g/mol. The van der Waals surface area contributed by atoms with Crippen LogP contribution in [0.4, 0.5) is 15.8 Å². The molecule has 0 radical (unpaired) electrons. The topological polar surface area (TPSA) is 23.5 Å². The van der Waals surface area contributed by atoms with Crippen molar-refractivity contribution in [1.29, 1.82) is 0 Å². The van der Waals surface area contributed by atoms with E-state index in [0.29, 0.717) is 0 Å². The second-order valence-corrected chi connectivity index (χ2v) is 4.27. The Labute approximate surface area is 106 Å². The fourth-order valence-corrected chi connectivity index (χ4v) is 1.97. The van der Waals surface area contributed by atoms with Crippen molar-refractivity contribution in [3.63, 3.8) is 0 Å². The predicted molar refractivity (Wildman–Crippen MR) is 71.5 cm³/mol. The van der Waals surface area contributed by atoms with E-state index in [1.165, 1.54) is 12.1 Å². The normalized spacial score (nSPS) is 12.2. The average Bonchev–Trinajstić information content (AvgIpc) is 2.38. The minimum Gasteiger partial charge on any atom is -0.389 e. The summed E-state index contributed by atoms with van der Waals surface area (Å²) in [5.74, 6) is -0.270. The molecule has 2 aromatic rings. The molecule has 0 fully saturated rings. The molecular formula is C15H16FNO. The lowest BCUT2D eigenvalue weighted by Crippen LogP contribution is -2.12. The molecule has 0 aromatic heterocycles. The van der Waals surface area contributed by atoms with E-state index in [2.05, 4.69) is 0 Å². The van der Waals surface area contributed by atoms with Gasteiger partial charge in [0.15, 0.2) is 0 Å². The summed E-state index contributed by atoms with van der Waals surface area (Å²) in [5, 5.41) is 9.75. The van der Waals surface area contributed by atoms with E-state index in [0.717, 1.165) is 16.9 Å². The molecule has 0 amide bonds. The summed E-state index contributed by atoms with van der Waals surface area (Å²) >= 11 is 0. The Morgan fingerprint density at radius 3 is 2.50 bits per heavy atom. The number of hydrogen-bond acceptors (Lipinski definition) is 2. The van der Waals surface area contributed by atoms with Crippen LogP contribution in [0.25, 0.3) is 0 Å². The summed E-state index contributed by atoms with van der Waals surface area (Å²) in [6, 6.07) is 14.0. The van der Waals surface area contributed by atoms with Crippen LogP contribution in [0.15, 0.2) is 48.5 Å². The lowest BCUT2D eigenvalue weighted by atomic mass is 10.1.